The van der Waals surface area contributed by atoms with Gasteiger partial charge >= 0.3 is 0 Å². The first kappa shape index (κ1) is 23.8. The van der Waals surface area contributed by atoms with Gasteiger partial charge < -0.3 is 10.2 Å². The molecule has 4 aliphatic carbocycles. The molecule has 0 unspecified atom stereocenters. The molecule has 178 valence electrons. The van der Waals surface area contributed by atoms with Crippen molar-refractivity contribution in [1.29, 1.82) is 0 Å². The molecule has 0 bridgehead atoms. The Morgan fingerprint density at radius 3 is 2.52 bits per heavy atom. The van der Waals surface area contributed by atoms with E-state index in [1.54, 1.807) is 5.57 Å². The molecule has 3 fully saturated rings. The predicted molar refractivity (Wildman–Crippen MR) is 130 cm³/mol. The quantitative estimate of drug-likeness (QED) is 0.434. The number of rotatable bonds is 6. The molecule has 31 heavy (non-hydrogen) atoms. The highest BCUT2D eigenvalue weighted by atomic mass is 16.3. The maximum Gasteiger partial charge on any atom is 0.0682 e. The van der Waals surface area contributed by atoms with Crippen molar-refractivity contribution < 1.29 is 10.2 Å². The van der Waals surface area contributed by atoms with Crippen molar-refractivity contribution in [2.24, 2.45) is 40.4 Å². The van der Waals surface area contributed by atoms with Gasteiger partial charge in [-0.3, -0.25) is 0 Å². The monoisotopic (exact) mass is 430 g/mol. The molecule has 0 spiro atoms. The van der Waals surface area contributed by atoms with Gasteiger partial charge in [0.25, 0.3) is 0 Å². The molecule has 0 aromatic rings. The van der Waals surface area contributed by atoms with E-state index in [2.05, 4.69) is 33.8 Å². The first-order valence-corrected chi connectivity index (χ1v) is 13.6. The molecule has 0 radical (unpaired) electrons. The van der Waals surface area contributed by atoms with Gasteiger partial charge in [0.2, 0.25) is 0 Å². The lowest BCUT2D eigenvalue weighted by Gasteiger charge is -2.59. The molecule has 2 heteroatoms. The standard InChI is InChI=1S/C29H50O2/c1-7-29(31)18-17-27(5)21(19-29)10-11-22-24-13-12-23(28(24,6)16-14-25(22)27)20(2)9-8-15-26(3,4)30/h10,20,22-25,30-31H,7-9,11-19H2,1-6H3/t20-,22+,23-,24+,25+,27+,28-,29+/m1/s1. The van der Waals surface area contributed by atoms with Crippen molar-refractivity contribution in [2.75, 3.05) is 0 Å². The number of fused-ring (bicyclic) bond motifs is 5. The van der Waals surface area contributed by atoms with Gasteiger partial charge in [-0.25, -0.2) is 0 Å². The molecular weight excluding hydrogens is 380 g/mol. The van der Waals surface area contributed by atoms with Crippen LogP contribution in [0.25, 0.3) is 0 Å². The topological polar surface area (TPSA) is 40.5 Å². The third-order valence-electron chi connectivity index (χ3n) is 11.1. The summed E-state index contributed by atoms with van der Waals surface area (Å²) in [5.41, 5.74) is 1.48. The molecule has 8 atom stereocenters. The number of allylic oxidation sites excluding steroid dienone is 1. The summed E-state index contributed by atoms with van der Waals surface area (Å²) in [6.45, 7) is 13.8. The van der Waals surface area contributed by atoms with Crippen LogP contribution < -0.4 is 0 Å². The molecular formula is C29H50O2. The van der Waals surface area contributed by atoms with E-state index in [1.165, 1.54) is 44.9 Å². The lowest BCUT2D eigenvalue weighted by molar-refractivity contribution is -0.0756. The Morgan fingerprint density at radius 2 is 1.84 bits per heavy atom. The fourth-order valence-electron chi connectivity index (χ4n) is 9.05. The summed E-state index contributed by atoms with van der Waals surface area (Å²) >= 11 is 0. The Bertz CT molecular complexity index is 689. The average Bonchev–Trinajstić information content (AvgIpc) is 3.05. The van der Waals surface area contributed by atoms with Crippen LogP contribution in [0.1, 0.15) is 119 Å². The second kappa shape index (κ2) is 8.15. The molecule has 2 N–H and O–H groups in total. The summed E-state index contributed by atoms with van der Waals surface area (Å²) in [6, 6.07) is 0. The summed E-state index contributed by atoms with van der Waals surface area (Å²) < 4.78 is 0. The lowest BCUT2D eigenvalue weighted by atomic mass is 9.46. The Labute approximate surface area is 192 Å². The van der Waals surface area contributed by atoms with E-state index in [1.807, 2.05) is 13.8 Å². The normalized spacial score (nSPS) is 46.0. The van der Waals surface area contributed by atoms with Gasteiger partial charge in [0.05, 0.1) is 11.2 Å². The van der Waals surface area contributed by atoms with Gasteiger partial charge in [-0.15, -0.1) is 0 Å². The molecule has 4 rings (SSSR count). The molecule has 4 aliphatic rings. The highest BCUT2D eigenvalue weighted by Gasteiger charge is 2.59. The fourth-order valence-corrected chi connectivity index (χ4v) is 9.05. The van der Waals surface area contributed by atoms with Crippen LogP contribution in [0, 0.1) is 40.4 Å². The Hall–Kier alpha value is -0.340. The number of hydrogen-bond donors (Lipinski definition) is 2. The van der Waals surface area contributed by atoms with E-state index in [4.69, 9.17) is 0 Å². The third-order valence-corrected chi connectivity index (χ3v) is 11.1. The fraction of sp³-hybridized carbons (Fsp3) is 0.931. The van der Waals surface area contributed by atoms with Crippen molar-refractivity contribution in [3.05, 3.63) is 11.6 Å². The summed E-state index contributed by atoms with van der Waals surface area (Å²) in [4.78, 5) is 0. The van der Waals surface area contributed by atoms with Crippen molar-refractivity contribution in [1.82, 2.24) is 0 Å². The smallest absolute Gasteiger partial charge is 0.0682 e. The second-order valence-corrected chi connectivity index (χ2v) is 13.4. The van der Waals surface area contributed by atoms with Crippen molar-refractivity contribution in [3.63, 3.8) is 0 Å². The largest absolute Gasteiger partial charge is 0.390 e. The Kier molecular flexibility index (Phi) is 6.26. The maximum absolute atomic E-state index is 11.0. The molecule has 2 nitrogen and oxygen atoms in total. The van der Waals surface area contributed by atoms with Crippen molar-refractivity contribution >= 4 is 0 Å². The van der Waals surface area contributed by atoms with E-state index in [0.717, 1.165) is 61.7 Å². The minimum absolute atomic E-state index is 0.335. The molecule has 0 aliphatic heterocycles. The van der Waals surface area contributed by atoms with Crippen LogP contribution in [0.4, 0.5) is 0 Å². The first-order chi connectivity index (χ1) is 14.4. The van der Waals surface area contributed by atoms with Gasteiger partial charge in [0.1, 0.15) is 0 Å². The zero-order chi connectivity index (χ0) is 22.7. The van der Waals surface area contributed by atoms with Crippen LogP contribution in [-0.4, -0.2) is 21.4 Å². The van der Waals surface area contributed by atoms with Gasteiger partial charge in [-0.05, 0) is 118 Å². The second-order valence-electron chi connectivity index (χ2n) is 13.4. The summed E-state index contributed by atoms with van der Waals surface area (Å²) in [6.07, 6.45) is 16.8. The van der Waals surface area contributed by atoms with E-state index >= 15 is 0 Å². The Balaban J connectivity index is 1.48. The van der Waals surface area contributed by atoms with E-state index in [0.29, 0.717) is 10.8 Å². The first-order valence-electron chi connectivity index (χ1n) is 13.6. The third kappa shape index (κ3) is 4.18. The van der Waals surface area contributed by atoms with Crippen LogP contribution in [0.5, 0.6) is 0 Å². The minimum Gasteiger partial charge on any atom is -0.390 e. The van der Waals surface area contributed by atoms with Gasteiger partial charge in [-0.2, -0.15) is 0 Å². The number of aliphatic hydroxyl groups is 2. The average molecular weight is 431 g/mol. The zero-order valence-electron chi connectivity index (χ0n) is 21.3. The summed E-state index contributed by atoms with van der Waals surface area (Å²) in [5, 5.41) is 21.1. The highest BCUT2D eigenvalue weighted by Crippen LogP contribution is 2.67. The summed E-state index contributed by atoms with van der Waals surface area (Å²) in [5.74, 6) is 4.20. The summed E-state index contributed by atoms with van der Waals surface area (Å²) in [7, 11) is 0. The zero-order valence-corrected chi connectivity index (χ0v) is 21.3. The van der Waals surface area contributed by atoms with Crippen molar-refractivity contribution in [2.45, 2.75) is 130 Å². The van der Waals surface area contributed by atoms with Crippen LogP contribution in [0.3, 0.4) is 0 Å². The predicted octanol–water partition coefficient (Wildman–Crippen LogP) is 7.28. The molecule has 0 saturated heterocycles. The van der Waals surface area contributed by atoms with E-state index < -0.39 is 11.2 Å². The van der Waals surface area contributed by atoms with E-state index in [9.17, 15) is 10.2 Å². The van der Waals surface area contributed by atoms with Gasteiger partial charge in [0, 0.05) is 0 Å². The molecule has 0 aromatic carbocycles. The maximum atomic E-state index is 11.0. The van der Waals surface area contributed by atoms with Crippen LogP contribution >= 0.6 is 0 Å². The highest BCUT2D eigenvalue weighted by molar-refractivity contribution is 5.27. The molecule has 0 aromatic heterocycles. The van der Waals surface area contributed by atoms with Crippen LogP contribution in [0.2, 0.25) is 0 Å². The molecule has 0 amide bonds. The lowest BCUT2D eigenvalue weighted by Crippen LogP contribution is -2.52. The molecule has 0 heterocycles. The molecule has 3 saturated carbocycles. The Morgan fingerprint density at radius 1 is 1.10 bits per heavy atom. The van der Waals surface area contributed by atoms with Crippen LogP contribution in [-0.2, 0) is 0 Å². The van der Waals surface area contributed by atoms with E-state index in [-0.39, 0.29) is 0 Å². The SMILES string of the molecule is CC[C@]1(O)CC[C@@]2(C)C(=CC[C@H]3[C@@H]4CC[C@H]([C@H](C)CCCC(C)(C)O)[C@@]4(C)CC[C@@H]32)C1. The van der Waals surface area contributed by atoms with Gasteiger partial charge in [0.15, 0.2) is 0 Å². The number of hydrogen-bond acceptors (Lipinski definition) is 2. The minimum atomic E-state index is -0.522. The van der Waals surface area contributed by atoms with Crippen LogP contribution in [0.15, 0.2) is 11.6 Å². The van der Waals surface area contributed by atoms with Crippen molar-refractivity contribution in [3.8, 4) is 0 Å². The van der Waals surface area contributed by atoms with Gasteiger partial charge in [-0.1, -0.05) is 52.2 Å².